The molecule has 1 atom stereocenters. The first kappa shape index (κ1) is 11.5. The Hall–Kier alpha value is -0.970. The predicted molar refractivity (Wildman–Crippen MR) is 67.4 cm³/mol. The van der Waals surface area contributed by atoms with Crippen LogP contribution in [0.4, 0.5) is 0 Å². The average molecular weight is 252 g/mol. The van der Waals surface area contributed by atoms with E-state index in [4.69, 9.17) is 0 Å². The Labute approximate surface area is 102 Å². The van der Waals surface area contributed by atoms with Crippen molar-refractivity contribution in [3.05, 3.63) is 43.8 Å². The standard InChI is InChI=1S/C12H12O2S2/c1-8-2-4-16-12(8)10(14)6-9-3-5-15-11(9)7-13/h2-5,7,10,14H,6H2,1H3. The van der Waals surface area contributed by atoms with Gasteiger partial charge in [0.25, 0.3) is 0 Å². The lowest BCUT2D eigenvalue weighted by Gasteiger charge is -2.09. The first-order valence-corrected chi connectivity index (χ1v) is 6.72. The van der Waals surface area contributed by atoms with E-state index < -0.39 is 6.10 Å². The summed E-state index contributed by atoms with van der Waals surface area (Å²) in [5, 5.41) is 13.9. The summed E-state index contributed by atoms with van der Waals surface area (Å²) in [6.07, 6.45) is 0.862. The van der Waals surface area contributed by atoms with E-state index >= 15 is 0 Å². The van der Waals surface area contributed by atoms with Gasteiger partial charge in [-0.1, -0.05) is 0 Å². The number of thiophene rings is 2. The number of aliphatic hydroxyl groups excluding tert-OH is 1. The summed E-state index contributed by atoms with van der Waals surface area (Å²) in [7, 11) is 0. The fraction of sp³-hybridized carbons (Fsp3) is 0.250. The Morgan fingerprint density at radius 1 is 1.38 bits per heavy atom. The molecule has 0 amide bonds. The van der Waals surface area contributed by atoms with E-state index in [-0.39, 0.29) is 0 Å². The van der Waals surface area contributed by atoms with Gasteiger partial charge in [0.1, 0.15) is 0 Å². The van der Waals surface area contributed by atoms with Gasteiger partial charge in [0, 0.05) is 11.3 Å². The molecule has 0 spiro atoms. The maximum absolute atomic E-state index is 10.8. The van der Waals surface area contributed by atoms with Crippen molar-refractivity contribution in [1.29, 1.82) is 0 Å². The molecule has 2 aromatic rings. The quantitative estimate of drug-likeness (QED) is 0.848. The van der Waals surface area contributed by atoms with Crippen LogP contribution in [0.3, 0.4) is 0 Å². The van der Waals surface area contributed by atoms with E-state index in [1.54, 1.807) is 11.3 Å². The minimum absolute atomic E-state index is 0.506. The lowest BCUT2D eigenvalue weighted by Crippen LogP contribution is -2.01. The van der Waals surface area contributed by atoms with Gasteiger partial charge in [0.05, 0.1) is 11.0 Å². The second-order valence-corrected chi connectivity index (χ2v) is 5.51. The second-order valence-electron chi connectivity index (χ2n) is 3.62. The maximum Gasteiger partial charge on any atom is 0.160 e. The summed E-state index contributed by atoms with van der Waals surface area (Å²) >= 11 is 2.98. The molecule has 0 radical (unpaired) electrons. The van der Waals surface area contributed by atoms with Crippen LogP contribution in [0.25, 0.3) is 0 Å². The smallest absolute Gasteiger partial charge is 0.160 e. The molecule has 2 aromatic heterocycles. The van der Waals surface area contributed by atoms with Crippen molar-refractivity contribution < 1.29 is 9.90 Å². The molecule has 0 saturated carbocycles. The SMILES string of the molecule is Cc1ccsc1C(O)Cc1ccsc1C=O. The average Bonchev–Trinajstić information content (AvgIpc) is 2.86. The number of aryl methyl sites for hydroxylation is 1. The van der Waals surface area contributed by atoms with Gasteiger partial charge in [-0.25, -0.2) is 0 Å². The van der Waals surface area contributed by atoms with Gasteiger partial charge >= 0.3 is 0 Å². The van der Waals surface area contributed by atoms with Gasteiger partial charge in [0.15, 0.2) is 6.29 Å². The number of hydrogen-bond acceptors (Lipinski definition) is 4. The Balaban J connectivity index is 2.16. The highest BCUT2D eigenvalue weighted by Crippen LogP contribution is 2.28. The Bertz CT molecular complexity index is 485. The van der Waals surface area contributed by atoms with E-state index in [2.05, 4.69) is 0 Å². The molecule has 2 nitrogen and oxygen atoms in total. The summed E-state index contributed by atoms with van der Waals surface area (Å²) in [5.41, 5.74) is 2.04. The third-order valence-corrected chi connectivity index (χ3v) is 4.51. The highest BCUT2D eigenvalue weighted by molar-refractivity contribution is 7.11. The zero-order valence-electron chi connectivity index (χ0n) is 8.84. The molecule has 0 fully saturated rings. The lowest BCUT2D eigenvalue weighted by molar-refractivity contribution is 0.112. The third kappa shape index (κ3) is 2.24. The molecule has 0 aromatic carbocycles. The van der Waals surface area contributed by atoms with Crippen LogP contribution in [0.1, 0.15) is 31.8 Å². The zero-order valence-corrected chi connectivity index (χ0v) is 10.5. The van der Waals surface area contributed by atoms with E-state index in [1.807, 2.05) is 29.8 Å². The normalized spacial score (nSPS) is 12.6. The van der Waals surface area contributed by atoms with Crippen LogP contribution < -0.4 is 0 Å². The summed E-state index contributed by atoms with van der Waals surface area (Å²) in [6, 6.07) is 3.90. The summed E-state index contributed by atoms with van der Waals surface area (Å²) < 4.78 is 0. The van der Waals surface area contributed by atoms with Gasteiger partial charge in [-0.3, -0.25) is 4.79 Å². The molecule has 0 bridgehead atoms. The van der Waals surface area contributed by atoms with Gasteiger partial charge in [-0.2, -0.15) is 0 Å². The summed E-state index contributed by atoms with van der Waals surface area (Å²) in [4.78, 5) is 12.5. The van der Waals surface area contributed by atoms with Crippen LogP contribution in [0, 0.1) is 6.92 Å². The van der Waals surface area contributed by atoms with E-state index in [9.17, 15) is 9.90 Å². The van der Waals surface area contributed by atoms with E-state index in [0.29, 0.717) is 11.3 Å². The monoisotopic (exact) mass is 252 g/mol. The zero-order chi connectivity index (χ0) is 11.5. The first-order chi connectivity index (χ1) is 7.72. The molecule has 1 unspecified atom stereocenters. The van der Waals surface area contributed by atoms with Crippen molar-refractivity contribution in [2.45, 2.75) is 19.4 Å². The third-order valence-electron chi connectivity index (χ3n) is 2.51. The molecular weight excluding hydrogens is 240 g/mol. The molecule has 1 N–H and O–H groups in total. The van der Waals surface area contributed by atoms with Crippen molar-refractivity contribution >= 4 is 29.0 Å². The first-order valence-electron chi connectivity index (χ1n) is 4.96. The summed E-state index contributed by atoms with van der Waals surface area (Å²) in [6.45, 7) is 1.99. The molecule has 84 valence electrons. The van der Waals surface area contributed by atoms with Crippen molar-refractivity contribution in [2.75, 3.05) is 0 Å². The minimum atomic E-state index is -0.506. The number of carbonyl (C=O) groups is 1. The highest BCUT2D eigenvalue weighted by atomic mass is 32.1. The highest BCUT2D eigenvalue weighted by Gasteiger charge is 2.14. The second kappa shape index (κ2) is 4.91. The van der Waals surface area contributed by atoms with Crippen LogP contribution in [-0.4, -0.2) is 11.4 Å². The van der Waals surface area contributed by atoms with Crippen LogP contribution >= 0.6 is 22.7 Å². The fourth-order valence-corrected chi connectivity index (χ4v) is 3.30. The Morgan fingerprint density at radius 3 is 2.75 bits per heavy atom. The molecule has 0 saturated heterocycles. The minimum Gasteiger partial charge on any atom is -0.387 e. The fourth-order valence-electron chi connectivity index (χ4n) is 1.65. The molecule has 0 aliphatic rings. The molecule has 2 rings (SSSR count). The van der Waals surface area contributed by atoms with Gasteiger partial charge in [-0.15, -0.1) is 22.7 Å². The van der Waals surface area contributed by atoms with Crippen LogP contribution in [-0.2, 0) is 6.42 Å². The topological polar surface area (TPSA) is 37.3 Å². The van der Waals surface area contributed by atoms with Gasteiger partial charge in [-0.05, 0) is 40.9 Å². The molecule has 0 aliphatic heterocycles. The maximum atomic E-state index is 10.8. The number of rotatable bonds is 4. The van der Waals surface area contributed by atoms with Crippen molar-refractivity contribution in [2.24, 2.45) is 0 Å². The molecular formula is C12H12O2S2. The largest absolute Gasteiger partial charge is 0.387 e. The number of hydrogen-bond donors (Lipinski definition) is 1. The van der Waals surface area contributed by atoms with Crippen LogP contribution in [0.5, 0.6) is 0 Å². The summed E-state index contributed by atoms with van der Waals surface area (Å²) in [5.74, 6) is 0. The number of aliphatic hydroxyl groups is 1. The lowest BCUT2D eigenvalue weighted by atomic mass is 10.1. The molecule has 4 heteroatoms. The number of aldehydes is 1. The van der Waals surface area contributed by atoms with Crippen molar-refractivity contribution in [3.63, 3.8) is 0 Å². The Morgan fingerprint density at radius 2 is 2.12 bits per heavy atom. The molecule has 16 heavy (non-hydrogen) atoms. The van der Waals surface area contributed by atoms with Crippen molar-refractivity contribution in [1.82, 2.24) is 0 Å². The van der Waals surface area contributed by atoms with E-state index in [1.165, 1.54) is 11.3 Å². The van der Waals surface area contributed by atoms with E-state index in [0.717, 1.165) is 22.3 Å². The molecule has 0 aliphatic carbocycles. The van der Waals surface area contributed by atoms with Gasteiger partial charge in [0.2, 0.25) is 0 Å². The number of carbonyl (C=O) groups excluding carboxylic acids is 1. The van der Waals surface area contributed by atoms with Crippen LogP contribution in [0.15, 0.2) is 22.9 Å². The van der Waals surface area contributed by atoms with Crippen molar-refractivity contribution in [3.8, 4) is 0 Å². The Kier molecular flexibility index (Phi) is 3.53. The predicted octanol–water partition coefficient (Wildman–Crippen LogP) is 3.21. The molecule has 2 heterocycles. The van der Waals surface area contributed by atoms with Crippen LogP contribution in [0.2, 0.25) is 0 Å². The van der Waals surface area contributed by atoms with Gasteiger partial charge < -0.3 is 5.11 Å².